The van der Waals surface area contributed by atoms with Crippen LogP contribution in [0.3, 0.4) is 0 Å². The molecule has 0 radical (unpaired) electrons. The number of fused-ring (bicyclic) bond motifs is 1. The van der Waals surface area contributed by atoms with E-state index < -0.39 is 0 Å². The van der Waals surface area contributed by atoms with Crippen molar-refractivity contribution in [3.63, 3.8) is 0 Å². The Bertz CT molecular complexity index is 1180. The predicted octanol–water partition coefficient (Wildman–Crippen LogP) is 5.06. The van der Waals surface area contributed by atoms with E-state index in [-0.39, 0.29) is 17.7 Å². The van der Waals surface area contributed by atoms with Crippen molar-refractivity contribution in [3.8, 4) is 5.75 Å². The van der Waals surface area contributed by atoms with Crippen molar-refractivity contribution in [2.45, 2.75) is 24.1 Å². The minimum Gasteiger partial charge on any atom is -0.497 e. The molecule has 32 heavy (non-hydrogen) atoms. The van der Waals surface area contributed by atoms with Gasteiger partial charge in [-0.2, -0.15) is 0 Å². The number of thiophene rings is 2. The molecule has 4 heterocycles. The van der Waals surface area contributed by atoms with Gasteiger partial charge in [-0.15, -0.1) is 32.9 Å². The molecule has 0 N–H and O–H groups in total. The van der Waals surface area contributed by atoms with Gasteiger partial charge in [-0.1, -0.05) is 30.0 Å². The van der Waals surface area contributed by atoms with Gasteiger partial charge >= 0.3 is 0 Å². The largest absolute Gasteiger partial charge is 0.497 e. The minimum atomic E-state index is -0.00795. The molecule has 1 aliphatic heterocycles. The van der Waals surface area contributed by atoms with Crippen LogP contribution in [0.25, 0.3) is 0 Å². The third kappa shape index (κ3) is 4.46. The van der Waals surface area contributed by atoms with Crippen molar-refractivity contribution in [1.82, 2.24) is 15.1 Å². The average Bonchev–Trinajstić information content (AvgIpc) is 3.59. The summed E-state index contributed by atoms with van der Waals surface area (Å²) in [6.07, 6.45) is 1.44. The van der Waals surface area contributed by atoms with Crippen LogP contribution in [0.1, 0.15) is 32.8 Å². The smallest absolute Gasteiger partial charge is 0.277 e. The average molecular weight is 484 g/mol. The third-order valence-electron chi connectivity index (χ3n) is 5.38. The summed E-state index contributed by atoms with van der Waals surface area (Å²) < 4.78 is 11.0. The number of nitrogens with zero attached hydrogens (tertiary/aromatic N) is 3. The Labute approximate surface area is 198 Å². The fraction of sp³-hybridized carbons (Fsp3) is 0.261. The molecule has 3 aromatic heterocycles. The van der Waals surface area contributed by atoms with E-state index in [1.165, 1.54) is 27.1 Å². The molecule has 6 nitrogen and oxygen atoms in total. The normalized spacial score (nSPS) is 15.5. The molecule has 0 fully saturated rings. The van der Waals surface area contributed by atoms with E-state index in [1.807, 2.05) is 35.2 Å². The summed E-state index contributed by atoms with van der Waals surface area (Å²) in [4.78, 5) is 17.7. The van der Waals surface area contributed by atoms with Crippen LogP contribution in [0.5, 0.6) is 5.75 Å². The summed E-state index contributed by atoms with van der Waals surface area (Å²) in [5.74, 6) is 1.69. The second-order valence-corrected chi connectivity index (χ2v) is 10.2. The van der Waals surface area contributed by atoms with Gasteiger partial charge in [-0.25, -0.2) is 0 Å². The number of hydrogen-bond acceptors (Lipinski definition) is 8. The van der Waals surface area contributed by atoms with Gasteiger partial charge in [0, 0.05) is 16.3 Å². The van der Waals surface area contributed by atoms with Crippen LogP contribution in [-0.2, 0) is 17.6 Å². The molecule has 164 valence electrons. The monoisotopic (exact) mass is 483 g/mol. The van der Waals surface area contributed by atoms with Gasteiger partial charge in [0.1, 0.15) is 5.75 Å². The van der Waals surface area contributed by atoms with E-state index in [9.17, 15) is 4.79 Å². The van der Waals surface area contributed by atoms with Crippen molar-refractivity contribution in [1.29, 1.82) is 0 Å². The molecule has 0 bridgehead atoms. The Hall–Kier alpha value is -2.62. The molecule has 0 saturated carbocycles. The van der Waals surface area contributed by atoms with E-state index in [0.29, 0.717) is 17.5 Å². The Morgan fingerprint density at radius 1 is 1.19 bits per heavy atom. The number of thioether (sulfide) groups is 1. The van der Waals surface area contributed by atoms with E-state index in [2.05, 4.69) is 33.1 Å². The molecule has 1 aromatic carbocycles. The third-order valence-corrected chi connectivity index (χ3v) is 8.11. The zero-order valence-electron chi connectivity index (χ0n) is 17.4. The first-order valence-electron chi connectivity index (χ1n) is 10.2. The highest BCUT2D eigenvalue weighted by Crippen LogP contribution is 2.39. The van der Waals surface area contributed by atoms with Crippen LogP contribution >= 0.6 is 34.4 Å². The summed E-state index contributed by atoms with van der Waals surface area (Å²) >= 11 is 4.77. The van der Waals surface area contributed by atoms with E-state index in [4.69, 9.17) is 9.15 Å². The van der Waals surface area contributed by atoms with Gasteiger partial charge in [0.25, 0.3) is 5.22 Å². The van der Waals surface area contributed by atoms with Crippen molar-refractivity contribution < 1.29 is 13.9 Å². The molecular formula is C23H21N3O3S3. The van der Waals surface area contributed by atoms with Crippen LogP contribution in [0, 0.1) is 0 Å². The number of carbonyl (C=O) groups excluding carboxylic acids is 1. The van der Waals surface area contributed by atoms with Gasteiger partial charge in [0.05, 0.1) is 25.3 Å². The van der Waals surface area contributed by atoms with Crippen LogP contribution in [0.15, 0.2) is 62.9 Å². The second kappa shape index (κ2) is 9.48. The zero-order chi connectivity index (χ0) is 21.9. The Morgan fingerprint density at radius 3 is 2.84 bits per heavy atom. The quantitative estimate of drug-likeness (QED) is 0.342. The molecule has 5 rings (SSSR count). The summed E-state index contributed by atoms with van der Waals surface area (Å²) in [6.45, 7) is 0.724. The topological polar surface area (TPSA) is 68.5 Å². The lowest BCUT2D eigenvalue weighted by Gasteiger charge is -2.35. The number of carbonyl (C=O) groups is 1. The zero-order valence-corrected chi connectivity index (χ0v) is 19.8. The highest BCUT2D eigenvalue weighted by molar-refractivity contribution is 7.99. The molecular weight excluding hydrogens is 462 g/mol. The first-order chi connectivity index (χ1) is 15.7. The Kier molecular flexibility index (Phi) is 6.29. The van der Waals surface area contributed by atoms with Crippen molar-refractivity contribution in [3.05, 3.63) is 80.0 Å². The number of ether oxygens (including phenoxy) is 1. The summed E-state index contributed by atoms with van der Waals surface area (Å²) in [7, 11) is 1.64. The lowest BCUT2D eigenvalue weighted by atomic mass is 9.98. The molecule has 1 aliphatic rings. The van der Waals surface area contributed by atoms with Crippen molar-refractivity contribution in [2.75, 3.05) is 19.4 Å². The molecule has 1 atom stereocenters. The molecule has 0 spiro atoms. The van der Waals surface area contributed by atoms with Crippen LogP contribution in [0.4, 0.5) is 0 Å². The van der Waals surface area contributed by atoms with E-state index >= 15 is 0 Å². The van der Waals surface area contributed by atoms with Gasteiger partial charge in [-0.05, 0) is 52.6 Å². The maximum atomic E-state index is 13.2. The fourth-order valence-corrected chi connectivity index (χ4v) is 6.26. The lowest BCUT2D eigenvalue weighted by Crippen LogP contribution is -2.40. The number of rotatable bonds is 7. The summed E-state index contributed by atoms with van der Waals surface area (Å²) in [6, 6.07) is 14.0. The van der Waals surface area contributed by atoms with Crippen molar-refractivity contribution >= 4 is 40.3 Å². The van der Waals surface area contributed by atoms with Gasteiger partial charge in [0.2, 0.25) is 11.8 Å². The van der Waals surface area contributed by atoms with Gasteiger partial charge in [0.15, 0.2) is 0 Å². The molecule has 0 aliphatic carbocycles. The molecule has 1 amide bonds. The maximum absolute atomic E-state index is 13.2. The van der Waals surface area contributed by atoms with Crippen LogP contribution < -0.4 is 4.74 Å². The molecule has 4 aromatic rings. The van der Waals surface area contributed by atoms with Crippen LogP contribution in [-0.4, -0.2) is 40.4 Å². The van der Waals surface area contributed by atoms with E-state index in [0.717, 1.165) is 24.3 Å². The number of hydrogen-bond donors (Lipinski definition) is 0. The highest BCUT2D eigenvalue weighted by Gasteiger charge is 2.33. The van der Waals surface area contributed by atoms with Crippen LogP contribution in [0.2, 0.25) is 0 Å². The Morgan fingerprint density at radius 2 is 2.06 bits per heavy atom. The van der Waals surface area contributed by atoms with E-state index in [1.54, 1.807) is 29.8 Å². The lowest BCUT2D eigenvalue weighted by molar-refractivity contribution is -0.130. The molecule has 1 unspecified atom stereocenters. The van der Waals surface area contributed by atoms with Gasteiger partial charge in [-0.3, -0.25) is 4.79 Å². The summed E-state index contributed by atoms with van der Waals surface area (Å²) in [5, 5.41) is 12.9. The standard InChI is InChI=1S/C23H21N3O3S3/c1-28-16-6-4-15(5-7-16)13-20-24-25-23(29-20)32-14-21(27)26-10-8-18-17(9-12-31-18)22(26)19-3-2-11-30-19/h2-7,9,11-12,22H,8,10,13-14H2,1H3. The molecule has 9 heteroatoms. The summed E-state index contributed by atoms with van der Waals surface area (Å²) in [5.41, 5.74) is 2.31. The molecule has 0 saturated heterocycles. The van der Waals surface area contributed by atoms with Gasteiger partial charge < -0.3 is 14.1 Å². The SMILES string of the molecule is COc1ccc(Cc2nnc(SCC(=O)N3CCc4sccc4C3c3cccs3)o2)cc1. The van der Waals surface area contributed by atoms with Crippen molar-refractivity contribution in [2.24, 2.45) is 0 Å². The predicted molar refractivity (Wildman–Crippen MR) is 127 cm³/mol. The minimum absolute atomic E-state index is 0.00795. The number of methoxy groups -OCH3 is 1. The second-order valence-electron chi connectivity index (χ2n) is 7.33. The number of amides is 1. The first-order valence-corrected chi connectivity index (χ1v) is 12.9. The fourth-order valence-electron chi connectivity index (χ4n) is 3.83. The first kappa shape index (κ1) is 21.2. The number of benzene rings is 1. The number of aromatic nitrogens is 2. The Balaban J connectivity index is 1.24. The maximum Gasteiger partial charge on any atom is 0.277 e. The highest BCUT2D eigenvalue weighted by atomic mass is 32.2.